The zero-order valence-electron chi connectivity index (χ0n) is 23.9. The summed E-state index contributed by atoms with van der Waals surface area (Å²) in [5, 5.41) is 4.97. The molecule has 1 heterocycles. The molecule has 0 unspecified atom stereocenters. The van der Waals surface area contributed by atoms with E-state index in [0.717, 1.165) is 16.5 Å². The van der Waals surface area contributed by atoms with E-state index in [-0.39, 0.29) is 0 Å². The van der Waals surface area contributed by atoms with Crippen molar-refractivity contribution in [3.05, 3.63) is 167 Å². The van der Waals surface area contributed by atoms with Crippen molar-refractivity contribution in [3.63, 3.8) is 0 Å². The Bertz CT molecular complexity index is 1650. The van der Waals surface area contributed by atoms with E-state index in [0.29, 0.717) is 13.2 Å². The molecule has 1 nitrogen and oxygen atoms in total. The molecule has 0 spiro atoms. The van der Waals surface area contributed by atoms with E-state index in [1.165, 1.54) is 32.6 Å². The van der Waals surface area contributed by atoms with Crippen molar-refractivity contribution in [1.29, 1.82) is 0 Å². The fourth-order valence-electron chi connectivity index (χ4n) is 5.28. The van der Waals surface area contributed by atoms with E-state index >= 15 is 0 Å². The maximum atomic E-state index is 5.89. The van der Waals surface area contributed by atoms with E-state index in [1.54, 1.807) is 17.9 Å². The van der Waals surface area contributed by atoms with Gasteiger partial charge >= 0.3 is 262 Å². The van der Waals surface area contributed by atoms with Crippen LogP contribution in [0.3, 0.4) is 0 Å². The molecule has 1 aliphatic heterocycles. The van der Waals surface area contributed by atoms with E-state index in [2.05, 4.69) is 163 Å². The number of hydrogen-bond donors (Lipinski definition) is 0. The number of allylic oxidation sites excluding steroid dienone is 5. The summed E-state index contributed by atoms with van der Waals surface area (Å²) >= 11 is 1.78. The minimum absolute atomic E-state index is 0.579. The molecule has 0 aliphatic carbocycles. The van der Waals surface area contributed by atoms with E-state index in [1.807, 2.05) is 6.92 Å². The van der Waals surface area contributed by atoms with Gasteiger partial charge in [-0.2, -0.15) is 0 Å². The molecule has 1 fully saturated rings. The normalized spacial score (nSPS) is 15.8. The van der Waals surface area contributed by atoms with Crippen LogP contribution in [0.4, 0.5) is 0 Å². The van der Waals surface area contributed by atoms with E-state index < -0.39 is 7.26 Å². The summed E-state index contributed by atoms with van der Waals surface area (Å²) in [4.78, 5) is 0. The molecule has 0 amide bonds. The summed E-state index contributed by atoms with van der Waals surface area (Å²) in [7, 11) is -2.38. The van der Waals surface area contributed by atoms with Gasteiger partial charge in [0.15, 0.2) is 0 Å². The van der Waals surface area contributed by atoms with Gasteiger partial charge in [-0.3, -0.25) is 0 Å². The molecule has 1 aliphatic rings. The Balaban J connectivity index is 1.87. The average molecular weight is 739 g/mol. The molecule has 3 heteroatoms. The third-order valence-corrected chi connectivity index (χ3v) is 12.7. The van der Waals surface area contributed by atoms with Gasteiger partial charge in [-0.1, -0.05) is 0 Å². The Labute approximate surface area is 260 Å². The van der Waals surface area contributed by atoms with E-state index in [4.69, 9.17) is 4.74 Å². The Morgan fingerprint density at radius 1 is 0.714 bits per heavy atom. The minimum atomic E-state index is -2.38. The molecule has 207 valence electrons. The van der Waals surface area contributed by atoms with Crippen LogP contribution in [0.2, 0.25) is 0 Å². The van der Waals surface area contributed by atoms with Crippen LogP contribution in [0, 0.1) is 16.2 Å². The zero-order chi connectivity index (χ0) is 29.2. The Morgan fingerprint density at radius 2 is 1.24 bits per heavy atom. The fraction of sp³-hybridized carbons (Fsp3) is 0.103. The first kappa shape index (κ1) is 29.7. The third-order valence-electron chi connectivity index (χ3n) is 7.31. The van der Waals surface area contributed by atoms with Crippen LogP contribution in [0.1, 0.15) is 25.0 Å². The summed E-state index contributed by atoms with van der Waals surface area (Å²) in [6, 6.07) is 41.1. The molecule has 0 aromatic heterocycles. The van der Waals surface area contributed by atoms with Gasteiger partial charge < -0.3 is 0 Å². The molecule has 4 aromatic carbocycles. The average Bonchev–Trinajstić information content (AvgIpc) is 3.51. The number of rotatable bonds is 6. The summed E-state index contributed by atoms with van der Waals surface area (Å²) < 4.78 is 9.64. The summed E-state index contributed by atoms with van der Waals surface area (Å²) in [5.74, 6) is 7.15. The Kier molecular flexibility index (Phi) is 10.2. The van der Waals surface area contributed by atoms with Crippen molar-refractivity contribution >= 4 is 29.3 Å². The first-order chi connectivity index (χ1) is 20.7. The quantitative estimate of drug-likeness (QED) is 0.146. The van der Waals surface area contributed by atoms with Crippen LogP contribution in [-0.2, 0) is 22.7 Å². The maximum absolute atomic E-state index is 5.89. The van der Waals surface area contributed by atoms with Crippen molar-refractivity contribution in [2.75, 3.05) is 13.2 Å². The first-order valence-electron chi connectivity index (χ1n) is 14.1. The van der Waals surface area contributed by atoms with Gasteiger partial charge in [0.25, 0.3) is 0 Å². The molecule has 0 saturated carbocycles. The first-order valence-corrected chi connectivity index (χ1v) is 17.1. The molecule has 4 aromatic rings. The van der Waals surface area contributed by atoms with Crippen molar-refractivity contribution < 1.29 is 22.7 Å². The number of benzene rings is 4. The number of ether oxygens (including phenoxy) is 1. The summed E-state index contributed by atoms with van der Waals surface area (Å²) in [6.07, 6.45) is 8.56. The summed E-state index contributed by atoms with van der Waals surface area (Å²) in [5.41, 5.74) is 5.52. The van der Waals surface area contributed by atoms with Crippen LogP contribution in [-0.4, -0.2) is 13.2 Å². The van der Waals surface area contributed by atoms with Gasteiger partial charge in [0, 0.05) is 0 Å². The van der Waals surface area contributed by atoms with Crippen molar-refractivity contribution in [2.45, 2.75) is 13.8 Å². The molecular formula is C39H33OOsP+. The van der Waals surface area contributed by atoms with E-state index in [9.17, 15) is 0 Å². The van der Waals surface area contributed by atoms with Crippen molar-refractivity contribution in [2.24, 2.45) is 0 Å². The molecule has 0 atom stereocenters. The molecule has 5 rings (SSSR count). The molecule has 0 N–H and O–H groups in total. The van der Waals surface area contributed by atoms with Crippen LogP contribution in [0.15, 0.2) is 156 Å². The molecule has 0 bridgehead atoms. The monoisotopic (exact) mass is 740 g/mol. The molecule has 42 heavy (non-hydrogen) atoms. The van der Waals surface area contributed by atoms with Crippen LogP contribution < -0.4 is 15.9 Å². The van der Waals surface area contributed by atoms with Gasteiger partial charge in [0.05, 0.1) is 0 Å². The molecule has 0 radical (unpaired) electrons. The van der Waals surface area contributed by atoms with Crippen LogP contribution >= 0.6 is 7.26 Å². The zero-order valence-corrected chi connectivity index (χ0v) is 27.3. The van der Waals surface area contributed by atoms with Gasteiger partial charge in [0.2, 0.25) is 0 Å². The van der Waals surface area contributed by atoms with Crippen molar-refractivity contribution in [3.8, 4) is 16.2 Å². The van der Waals surface area contributed by atoms with Gasteiger partial charge in [-0.25, -0.2) is 0 Å². The number of hydrogen-bond acceptors (Lipinski definition) is 1. The Hall–Kier alpha value is -3.79. The predicted octanol–water partition coefficient (Wildman–Crippen LogP) is 7.73. The van der Waals surface area contributed by atoms with Crippen molar-refractivity contribution in [1.82, 2.24) is 0 Å². The second-order valence-corrected chi connectivity index (χ2v) is 13.8. The van der Waals surface area contributed by atoms with Crippen LogP contribution in [0.25, 0.3) is 6.08 Å². The molecule has 1 saturated heterocycles. The standard InChI is InChI=1S/C39H33OP.Os/c1-4-15-32-22-24-33(25-23-32)26-27-35(28-36-30-40-29-34(36)5-2)31(3)41(37-16-9-6-10-17-37,38-18-11-7-12-19-38)39-20-13-8-14-21-39;/h4-25,28H,29-30H2,1-2H3;/q+1;/b15-4+,34-5?,35-31?,36-28?;. The van der Waals surface area contributed by atoms with Crippen LogP contribution in [0.5, 0.6) is 0 Å². The van der Waals surface area contributed by atoms with Gasteiger partial charge in [-0.15, -0.1) is 0 Å². The third kappa shape index (κ3) is 6.33. The van der Waals surface area contributed by atoms with Gasteiger partial charge in [-0.05, 0) is 0 Å². The summed E-state index contributed by atoms with van der Waals surface area (Å²) in [6.45, 7) is 5.32. The van der Waals surface area contributed by atoms with Gasteiger partial charge in [0.1, 0.15) is 0 Å². The second kappa shape index (κ2) is 14.4. The second-order valence-electron chi connectivity index (χ2n) is 9.88. The Morgan fingerprint density at radius 3 is 1.71 bits per heavy atom. The fourth-order valence-corrected chi connectivity index (χ4v) is 11.0. The predicted molar refractivity (Wildman–Crippen MR) is 177 cm³/mol. The molecular weight excluding hydrogens is 706 g/mol. The topological polar surface area (TPSA) is 9.23 Å². The SMILES string of the molecule is CC=C1COCC1=CC(C#Cc1ccc(/C=C/C)cc1)=C([C]#[Os])[P+](c1ccccc1)(c1ccccc1)c1ccccc1.